The molecular weight excluding hydrogens is 384 g/mol. The number of ether oxygens (including phenoxy) is 2. The molecule has 0 aromatic carbocycles. The molecule has 0 unspecified atom stereocenters. The molecule has 3 aromatic rings. The number of aromatic nitrogens is 4. The maximum Gasteiger partial charge on any atom is 0.293 e. The highest BCUT2D eigenvalue weighted by Crippen LogP contribution is 2.23. The fraction of sp³-hybridized carbons (Fsp3) is 0.429. The smallest absolute Gasteiger partial charge is 0.293 e. The molecule has 3 heterocycles. The molecule has 3 aromatic heterocycles. The normalized spacial score (nSPS) is 11.2. The number of fused-ring (bicyclic) bond motifs is 1. The minimum absolute atomic E-state index is 0.187. The summed E-state index contributed by atoms with van der Waals surface area (Å²) >= 11 is 0. The van der Waals surface area contributed by atoms with Crippen LogP contribution in [0.4, 0.5) is 5.82 Å². The van der Waals surface area contributed by atoms with Crippen LogP contribution in [0.5, 0.6) is 5.88 Å². The number of likely N-dealkylation sites (N-methyl/N-ethyl adjacent to an activating group) is 1. The van der Waals surface area contributed by atoms with Gasteiger partial charge in [0.05, 0.1) is 19.2 Å². The van der Waals surface area contributed by atoms with E-state index in [0.29, 0.717) is 49.2 Å². The summed E-state index contributed by atoms with van der Waals surface area (Å²) in [4.78, 5) is 28.4. The van der Waals surface area contributed by atoms with Crippen molar-refractivity contribution >= 4 is 17.0 Å². The molecular formula is C21H28N6O3. The number of hydrogen-bond acceptors (Lipinski definition) is 8. The van der Waals surface area contributed by atoms with E-state index in [2.05, 4.69) is 20.3 Å². The van der Waals surface area contributed by atoms with E-state index in [0.717, 1.165) is 17.7 Å². The van der Waals surface area contributed by atoms with Crippen LogP contribution < -0.4 is 15.6 Å². The Labute approximate surface area is 175 Å². The second-order valence-electron chi connectivity index (χ2n) is 7.00. The van der Waals surface area contributed by atoms with Gasteiger partial charge in [0.1, 0.15) is 0 Å². The van der Waals surface area contributed by atoms with Crippen molar-refractivity contribution in [1.29, 1.82) is 0 Å². The van der Waals surface area contributed by atoms with Crippen molar-refractivity contribution < 1.29 is 9.47 Å². The first-order valence-electron chi connectivity index (χ1n) is 9.90. The van der Waals surface area contributed by atoms with E-state index in [1.165, 1.54) is 0 Å². The van der Waals surface area contributed by atoms with Crippen LogP contribution in [0.2, 0.25) is 0 Å². The van der Waals surface area contributed by atoms with Crippen LogP contribution in [-0.2, 0) is 11.3 Å². The fourth-order valence-electron chi connectivity index (χ4n) is 2.99. The Morgan fingerprint density at radius 2 is 1.97 bits per heavy atom. The summed E-state index contributed by atoms with van der Waals surface area (Å²) in [6, 6.07) is 5.61. The van der Waals surface area contributed by atoms with E-state index in [9.17, 15) is 4.79 Å². The molecule has 160 valence electrons. The predicted octanol–water partition coefficient (Wildman–Crippen LogP) is 1.87. The fourth-order valence-corrected chi connectivity index (χ4v) is 2.99. The zero-order valence-corrected chi connectivity index (χ0v) is 17.9. The van der Waals surface area contributed by atoms with Gasteiger partial charge in [-0.2, -0.15) is 0 Å². The van der Waals surface area contributed by atoms with E-state index in [1.54, 1.807) is 30.1 Å². The third-order valence-corrected chi connectivity index (χ3v) is 4.60. The van der Waals surface area contributed by atoms with E-state index in [4.69, 9.17) is 9.47 Å². The van der Waals surface area contributed by atoms with Gasteiger partial charge in [0.2, 0.25) is 5.88 Å². The number of methoxy groups -OCH3 is 1. The lowest BCUT2D eigenvalue weighted by Gasteiger charge is -2.15. The van der Waals surface area contributed by atoms with Crippen molar-refractivity contribution in [3.8, 4) is 17.0 Å². The van der Waals surface area contributed by atoms with Gasteiger partial charge in [-0.25, -0.2) is 15.0 Å². The number of pyridine rings is 2. The minimum Gasteiger partial charge on any atom is -0.481 e. The third kappa shape index (κ3) is 5.11. The van der Waals surface area contributed by atoms with E-state index in [-0.39, 0.29) is 5.56 Å². The highest BCUT2D eigenvalue weighted by Gasteiger charge is 2.13. The van der Waals surface area contributed by atoms with Crippen molar-refractivity contribution in [3.63, 3.8) is 0 Å². The van der Waals surface area contributed by atoms with E-state index in [1.807, 2.05) is 38.1 Å². The van der Waals surface area contributed by atoms with E-state index >= 15 is 0 Å². The van der Waals surface area contributed by atoms with Gasteiger partial charge in [-0.15, -0.1) is 0 Å². The lowest BCUT2D eigenvalue weighted by Crippen LogP contribution is -2.29. The Hall–Kier alpha value is -3.04. The lowest BCUT2D eigenvalue weighted by atomic mass is 10.1. The molecule has 30 heavy (non-hydrogen) atoms. The highest BCUT2D eigenvalue weighted by molar-refractivity contribution is 5.78. The molecule has 1 N–H and O–H groups in total. The lowest BCUT2D eigenvalue weighted by molar-refractivity contribution is 0.139. The summed E-state index contributed by atoms with van der Waals surface area (Å²) in [7, 11) is 5.53. The molecule has 0 fully saturated rings. The number of anilines is 1. The minimum atomic E-state index is -0.187. The van der Waals surface area contributed by atoms with Gasteiger partial charge >= 0.3 is 0 Å². The molecule has 0 saturated carbocycles. The molecule has 0 bridgehead atoms. The van der Waals surface area contributed by atoms with Gasteiger partial charge in [-0.3, -0.25) is 9.36 Å². The number of hydrogen-bond donors (Lipinski definition) is 1. The van der Waals surface area contributed by atoms with Gasteiger partial charge in [0.15, 0.2) is 11.5 Å². The van der Waals surface area contributed by atoms with Crippen LogP contribution in [0.25, 0.3) is 22.3 Å². The van der Waals surface area contributed by atoms with E-state index < -0.39 is 0 Å². The molecule has 9 heteroatoms. The molecule has 0 atom stereocenters. The second-order valence-corrected chi connectivity index (χ2v) is 7.00. The van der Waals surface area contributed by atoms with Crippen molar-refractivity contribution in [1.82, 2.24) is 24.4 Å². The third-order valence-electron chi connectivity index (χ3n) is 4.60. The molecule has 0 saturated heterocycles. The van der Waals surface area contributed by atoms with Crippen LogP contribution in [0.3, 0.4) is 0 Å². The average Bonchev–Trinajstić information content (AvgIpc) is 2.75. The first-order valence-corrected chi connectivity index (χ1v) is 9.90. The largest absolute Gasteiger partial charge is 0.481 e. The summed E-state index contributed by atoms with van der Waals surface area (Å²) in [6.07, 6.45) is 3.45. The molecule has 0 amide bonds. The Balaban J connectivity index is 2.02. The molecule has 0 spiro atoms. The Kier molecular flexibility index (Phi) is 7.31. The van der Waals surface area contributed by atoms with Crippen LogP contribution >= 0.6 is 0 Å². The Morgan fingerprint density at radius 1 is 1.17 bits per heavy atom. The van der Waals surface area contributed by atoms with Crippen molar-refractivity contribution in [2.75, 3.05) is 52.8 Å². The Bertz CT molecular complexity index is 1030. The van der Waals surface area contributed by atoms with Crippen molar-refractivity contribution in [2.45, 2.75) is 13.5 Å². The zero-order chi connectivity index (χ0) is 21.5. The summed E-state index contributed by atoms with van der Waals surface area (Å²) in [5.41, 5.74) is 2.70. The van der Waals surface area contributed by atoms with Gasteiger partial charge in [-0.05, 0) is 33.2 Å². The summed E-state index contributed by atoms with van der Waals surface area (Å²) in [5, 5.41) is 3.14. The molecule has 0 radical (unpaired) electrons. The van der Waals surface area contributed by atoms with Crippen LogP contribution in [-0.4, -0.2) is 71.9 Å². The monoisotopic (exact) mass is 412 g/mol. The quantitative estimate of drug-likeness (QED) is 0.505. The van der Waals surface area contributed by atoms with Crippen molar-refractivity contribution in [3.05, 3.63) is 40.9 Å². The van der Waals surface area contributed by atoms with Gasteiger partial charge in [0.25, 0.3) is 5.56 Å². The maximum atomic E-state index is 13.1. The second kappa shape index (κ2) is 10.1. The predicted molar refractivity (Wildman–Crippen MR) is 117 cm³/mol. The topological polar surface area (TPSA) is 94.4 Å². The standard InChI is InChI=1S/C21H28N6O3/c1-5-30-11-10-27-17-12-16(15-6-7-18(29-4)23-13-15)14-24-19(17)25-20(21(27)28)22-8-9-26(2)3/h6-7,12-14H,5,8-11H2,1-4H3,(H,22,24,25). The number of nitrogens with zero attached hydrogens (tertiary/aromatic N) is 5. The molecule has 9 nitrogen and oxygen atoms in total. The van der Waals surface area contributed by atoms with Gasteiger partial charge in [-0.1, -0.05) is 0 Å². The van der Waals surface area contributed by atoms with Gasteiger partial charge < -0.3 is 19.7 Å². The van der Waals surface area contributed by atoms with Crippen molar-refractivity contribution in [2.24, 2.45) is 0 Å². The maximum absolute atomic E-state index is 13.1. The molecule has 0 aliphatic carbocycles. The van der Waals surface area contributed by atoms with Gasteiger partial charge in [0, 0.05) is 55.8 Å². The van der Waals surface area contributed by atoms with Crippen LogP contribution in [0.15, 0.2) is 35.4 Å². The average molecular weight is 412 g/mol. The summed E-state index contributed by atoms with van der Waals surface area (Å²) < 4.78 is 12.3. The summed E-state index contributed by atoms with van der Waals surface area (Å²) in [5.74, 6) is 0.837. The molecule has 3 rings (SSSR count). The molecule has 0 aliphatic rings. The summed E-state index contributed by atoms with van der Waals surface area (Å²) in [6.45, 7) is 4.77. The SMILES string of the molecule is CCOCCn1c(=O)c(NCCN(C)C)nc2ncc(-c3ccc(OC)nc3)cc21. The first kappa shape index (κ1) is 21.7. The highest BCUT2D eigenvalue weighted by atomic mass is 16.5. The Morgan fingerprint density at radius 3 is 2.63 bits per heavy atom. The first-order chi connectivity index (χ1) is 14.5. The van der Waals surface area contributed by atoms with Crippen LogP contribution in [0.1, 0.15) is 6.92 Å². The molecule has 0 aliphatic heterocycles. The zero-order valence-electron chi connectivity index (χ0n) is 17.9. The van der Waals surface area contributed by atoms with Crippen LogP contribution in [0, 0.1) is 0 Å². The number of nitrogens with one attached hydrogen (secondary N) is 1. The number of rotatable bonds is 10.